The number of rotatable bonds is 1. The zero-order valence-electron chi connectivity index (χ0n) is 11.0. The van der Waals surface area contributed by atoms with Gasteiger partial charge in [-0.05, 0) is 40.8 Å². The Kier molecular flexibility index (Phi) is 3.56. The normalized spacial score (nSPS) is 23.2. The molecule has 1 fully saturated rings. The van der Waals surface area contributed by atoms with Gasteiger partial charge in [0.15, 0.2) is 10.4 Å². The summed E-state index contributed by atoms with van der Waals surface area (Å²) in [6, 6.07) is 1.96. The van der Waals surface area contributed by atoms with Crippen LogP contribution in [0, 0.1) is 12.3 Å². The highest BCUT2D eigenvalue weighted by molar-refractivity contribution is 9.10. The van der Waals surface area contributed by atoms with Crippen molar-refractivity contribution in [2.45, 2.75) is 33.2 Å². The largest absolute Gasteiger partial charge is 0.444 e. The highest BCUT2D eigenvalue weighted by atomic mass is 79.9. The van der Waals surface area contributed by atoms with Gasteiger partial charge in [-0.2, -0.15) is 0 Å². The molecule has 1 aliphatic rings. The number of halogens is 1. The molecular formula is C13H19BrN2O2. The second kappa shape index (κ2) is 4.70. The number of likely N-dealkylation sites (tertiary alicyclic amines) is 1. The lowest BCUT2D eigenvalue weighted by Crippen LogP contribution is -2.54. The van der Waals surface area contributed by atoms with Crippen LogP contribution in [-0.2, 0) is 0 Å². The van der Waals surface area contributed by atoms with Crippen LogP contribution in [0.1, 0.15) is 36.4 Å². The Hall–Kier alpha value is -0.810. The fourth-order valence-corrected chi connectivity index (χ4v) is 2.85. The van der Waals surface area contributed by atoms with Crippen molar-refractivity contribution in [2.75, 3.05) is 13.1 Å². The molecule has 1 amide bonds. The number of hydrogen-bond acceptors (Lipinski definition) is 3. The van der Waals surface area contributed by atoms with E-state index in [-0.39, 0.29) is 17.4 Å². The monoisotopic (exact) mass is 314 g/mol. The third kappa shape index (κ3) is 2.47. The molecule has 1 atom stereocenters. The van der Waals surface area contributed by atoms with Gasteiger partial charge in [0.2, 0.25) is 0 Å². The Morgan fingerprint density at radius 2 is 2.28 bits per heavy atom. The number of furan rings is 1. The molecule has 0 radical (unpaired) electrons. The van der Waals surface area contributed by atoms with E-state index in [1.165, 1.54) is 0 Å². The van der Waals surface area contributed by atoms with Gasteiger partial charge in [0.05, 0.1) is 0 Å². The molecule has 0 bridgehead atoms. The van der Waals surface area contributed by atoms with Crippen molar-refractivity contribution in [3.63, 3.8) is 0 Å². The fraction of sp³-hybridized carbons (Fsp3) is 0.615. The van der Waals surface area contributed by atoms with Crippen molar-refractivity contribution in [3.05, 3.63) is 22.1 Å². The van der Waals surface area contributed by atoms with Crippen molar-refractivity contribution >= 4 is 21.8 Å². The van der Waals surface area contributed by atoms with Crippen molar-refractivity contribution in [1.82, 2.24) is 4.90 Å². The summed E-state index contributed by atoms with van der Waals surface area (Å²) in [7, 11) is 0. The van der Waals surface area contributed by atoms with Gasteiger partial charge in [0.25, 0.3) is 5.91 Å². The van der Waals surface area contributed by atoms with Crippen LogP contribution in [-0.4, -0.2) is 29.9 Å². The van der Waals surface area contributed by atoms with Gasteiger partial charge in [0.1, 0.15) is 0 Å². The number of carbonyl (C=O) groups is 1. The molecular weight excluding hydrogens is 296 g/mol. The molecule has 1 saturated heterocycles. The summed E-state index contributed by atoms with van der Waals surface area (Å²) in [5, 5.41) is 0. The molecule has 1 aromatic rings. The van der Waals surface area contributed by atoms with E-state index in [1.807, 2.05) is 17.9 Å². The number of nitrogens with two attached hydrogens (primary N) is 1. The van der Waals surface area contributed by atoms with E-state index in [9.17, 15) is 4.79 Å². The fourth-order valence-electron chi connectivity index (χ4n) is 2.35. The predicted octanol–water partition coefficient (Wildman–Crippen LogP) is 2.55. The van der Waals surface area contributed by atoms with Gasteiger partial charge in [-0.1, -0.05) is 13.8 Å². The first kappa shape index (κ1) is 13.6. The second-order valence-corrected chi connectivity index (χ2v) is 6.45. The molecule has 100 valence electrons. The summed E-state index contributed by atoms with van der Waals surface area (Å²) in [5.41, 5.74) is 6.89. The van der Waals surface area contributed by atoms with Gasteiger partial charge < -0.3 is 15.1 Å². The van der Waals surface area contributed by atoms with E-state index in [2.05, 4.69) is 29.8 Å². The molecule has 0 aliphatic carbocycles. The maximum atomic E-state index is 12.4. The number of amides is 1. The summed E-state index contributed by atoms with van der Waals surface area (Å²) in [5.74, 6) is 0.381. The lowest BCUT2D eigenvalue weighted by Gasteiger charge is -2.42. The Bertz CT molecular complexity index is 468. The van der Waals surface area contributed by atoms with Crippen LogP contribution in [0.2, 0.25) is 0 Å². The van der Waals surface area contributed by atoms with Crippen LogP contribution in [0.25, 0.3) is 0 Å². The highest BCUT2D eigenvalue weighted by Gasteiger charge is 2.36. The average Bonchev–Trinajstić information content (AvgIpc) is 2.60. The zero-order valence-corrected chi connectivity index (χ0v) is 12.6. The molecule has 0 spiro atoms. The maximum absolute atomic E-state index is 12.4. The van der Waals surface area contributed by atoms with Gasteiger partial charge in [-0.3, -0.25) is 4.79 Å². The van der Waals surface area contributed by atoms with Gasteiger partial charge >= 0.3 is 0 Å². The topological polar surface area (TPSA) is 59.5 Å². The predicted molar refractivity (Wildman–Crippen MR) is 73.4 cm³/mol. The smallest absolute Gasteiger partial charge is 0.289 e. The van der Waals surface area contributed by atoms with E-state index < -0.39 is 0 Å². The lowest BCUT2D eigenvalue weighted by atomic mass is 9.79. The Labute approximate surface area is 116 Å². The van der Waals surface area contributed by atoms with Crippen LogP contribution in [0.15, 0.2) is 15.2 Å². The minimum Gasteiger partial charge on any atom is -0.444 e. The molecule has 2 rings (SSSR count). The average molecular weight is 315 g/mol. The van der Waals surface area contributed by atoms with Crippen molar-refractivity contribution in [3.8, 4) is 0 Å². The van der Waals surface area contributed by atoms with Crippen molar-refractivity contribution < 1.29 is 9.21 Å². The van der Waals surface area contributed by atoms with E-state index >= 15 is 0 Å². The molecule has 4 nitrogen and oxygen atoms in total. The molecule has 18 heavy (non-hydrogen) atoms. The van der Waals surface area contributed by atoms with Crippen LogP contribution in [0.5, 0.6) is 0 Å². The summed E-state index contributed by atoms with van der Waals surface area (Å²) in [6.07, 6.45) is 0.833. The van der Waals surface area contributed by atoms with E-state index in [4.69, 9.17) is 10.2 Å². The first-order valence-corrected chi connectivity index (χ1v) is 6.91. The molecule has 0 saturated carbocycles. The summed E-state index contributed by atoms with van der Waals surface area (Å²) in [4.78, 5) is 14.2. The number of hydrogen-bond donors (Lipinski definition) is 1. The standard InChI is InChI=1S/C13H19BrN2O2/c1-8-6-10(14)18-11(8)12(17)16-5-4-9(15)13(2,3)7-16/h6,9H,4-5,7,15H2,1-3H3. The molecule has 1 aliphatic heterocycles. The molecule has 2 N–H and O–H groups in total. The summed E-state index contributed by atoms with van der Waals surface area (Å²) in [6.45, 7) is 7.44. The highest BCUT2D eigenvalue weighted by Crippen LogP contribution is 2.29. The molecule has 1 unspecified atom stereocenters. The Morgan fingerprint density at radius 1 is 1.61 bits per heavy atom. The third-order valence-corrected chi connectivity index (χ3v) is 4.07. The first-order valence-electron chi connectivity index (χ1n) is 6.12. The Morgan fingerprint density at radius 3 is 2.78 bits per heavy atom. The number of piperidine rings is 1. The van der Waals surface area contributed by atoms with Gasteiger partial charge in [-0.15, -0.1) is 0 Å². The van der Waals surface area contributed by atoms with E-state index in [0.717, 1.165) is 12.0 Å². The molecule has 1 aromatic heterocycles. The first-order chi connectivity index (χ1) is 8.31. The van der Waals surface area contributed by atoms with Crippen LogP contribution < -0.4 is 5.73 Å². The SMILES string of the molecule is Cc1cc(Br)oc1C(=O)N1CCC(N)C(C)(C)C1. The van der Waals surface area contributed by atoms with Crippen molar-refractivity contribution in [1.29, 1.82) is 0 Å². The minimum absolute atomic E-state index is 0.0434. The van der Waals surface area contributed by atoms with E-state index in [0.29, 0.717) is 23.5 Å². The summed E-state index contributed by atoms with van der Waals surface area (Å²) >= 11 is 3.25. The quantitative estimate of drug-likeness (QED) is 0.866. The number of carbonyl (C=O) groups excluding carboxylic acids is 1. The van der Waals surface area contributed by atoms with Gasteiger partial charge in [-0.25, -0.2) is 0 Å². The maximum Gasteiger partial charge on any atom is 0.289 e. The zero-order chi connectivity index (χ0) is 13.5. The van der Waals surface area contributed by atoms with E-state index in [1.54, 1.807) is 0 Å². The third-order valence-electron chi connectivity index (χ3n) is 3.68. The lowest BCUT2D eigenvalue weighted by molar-refractivity contribution is 0.0501. The molecule has 5 heteroatoms. The molecule has 2 heterocycles. The number of nitrogens with zero attached hydrogens (tertiary/aromatic N) is 1. The molecule has 0 aromatic carbocycles. The van der Waals surface area contributed by atoms with Crippen LogP contribution in [0.3, 0.4) is 0 Å². The number of aryl methyl sites for hydroxylation is 1. The summed E-state index contributed by atoms with van der Waals surface area (Å²) < 4.78 is 6.01. The van der Waals surface area contributed by atoms with Crippen LogP contribution in [0.4, 0.5) is 0 Å². The van der Waals surface area contributed by atoms with Crippen LogP contribution >= 0.6 is 15.9 Å². The Balaban J connectivity index is 2.18. The minimum atomic E-state index is -0.0500. The van der Waals surface area contributed by atoms with Gasteiger partial charge in [0, 0.05) is 24.7 Å². The van der Waals surface area contributed by atoms with Crippen molar-refractivity contribution in [2.24, 2.45) is 11.1 Å². The second-order valence-electron chi connectivity index (χ2n) is 5.67.